The van der Waals surface area contributed by atoms with Gasteiger partial charge >= 0.3 is 0 Å². The van der Waals surface area contributed by atoms with E-state index in [9.17, 15) is 0 Å². The topological polar surface area (TPSA) is 4.93 Å². The smallest absolute Gasteiger partial charge is 0.0544 e. The molecule has 1 aliphatic carbocycles. The lowest BCUT2D eigenvalue weighted by Gasteiger charge is -2.16. The third kappa shape index (κ3) is 3.93. The van der Waals surface area contributed by atoms with E-state index in [0.717, 1.165) is 6.42 Å². The number of nitrogens with zero attached hydrogens (tertiary/aromatic N) is 1. The zero-order chi connectivity index (χ0) is 27.3. The first-order chi connectivity index (χ1) is 20.2. The van der Waals surface area contributed by atoms with Crippen LogP contribution in [0, 0.1) is 0 Å². The molecule has 0 saturated carbocycles. The maximum atomic E-state index is 2.48. The lowest BCUT2D eigenvalue weighted by molar-refractivity contribution is 1.17. The Morgan fingerprint density at radius 2 is 1.39 bits per heavy atom. The molecule has 6 aromatic carbocycles. The van der Waals surface area contributed by atoms with Crippen molar-refractivity contribution in [1.82, 2.24) is 4.57 Å². The lowest BCUT2D eigenvalue weighted by atomic mass is 9.94. The standard InChI is InChI=1S/C40H29N/c1-27-12-4-2-7-16-30-24-40-38(23-31(30)22-27)35-18-10-11-19-39(35)41(40)32-25-36(28-13-5-3-6-14-28)34-21-20-29-15-8-9-17-33(29)37(34)26-32/h2-15,17-26H,16H2,1H3/b7-2+,12-4?,27-22?. The van der Waals surface area contributed by atoms with Crippen LogP contribution in [0.2, 0.25) is 0 Å². The fourth-order valence-electron chi connectivity index (χ4n) is 6.53. The molecule has 194 valence electrons. The summed E-state index contributed by atoms with van der Waals surface area (Å²) in [4.78, 5) is 0. The summed E-state index contributed by atoms with van der Waals surface area (Å²) in [5, 5.41) is 7.67. The van der Waals surface area contributed by atoms with E-state index >= 15 is 0 Å². The molecule has 1 heteroatoms. The number of para-hydroxylation sites is 1. The van der Waals surface area contributed by atoms with E-state index in [1.54, 1.807) is 0 Å². The zero-order valence-corrected chi connectivity index (χ0v) is 23.0. The van der Waals surface area contributed by atoms with E-state index in [1.165, 1.54) is 76.9 Å². The minimum atomic E-state index is 0.901. The average molecular weight is 524 g/mol. The third-order valence-electron chi connectivity index (χ3n) is 8.45. The Morgan fingerprint density at radius 1 is 0.585 bits per heavy atom. The second-order valence-electron chi connectivity index (χ2n) is 11.0. The zero-order valence-electron chi connectivity index (χ0n) is 23.0. The van der Waals surface area contributed by atoms with Crippen LogP contribution in [0.3, 0.4) is 0 Å². The van der Waals surface area contributed by atoms with Crippen LogP contribution in [-0.2, 0) is 6.42 Å². The van der Waals surface area contributed by atoms with Crippen LogP contribution in [0.1, 0.15) is 18.1 Å². The van der Waals surface area contributed by atoms with Crippen LogP contribution >= 0.6 is 0 Å². The van der Waals surface area contributed by atoms with Gasteiger partial charge in [0.05, 0.1) is 11.0 Å². The lowest BCUT2D eigenvalue weighted by Crippen LogP contribution is -1.97. The molecule has 8 rings (SSSR count). The normalized spacial score (nSPS) is 14.1. The van der Waals surface area contributed by atoms with Crippen molar-refractivity contribution in [2.75, 3.05) is 0 Å². The van der Waals surface area contributed by atoms with E-state index in [2.05, 4.69) is 157 Å². The van der Waals surface area contributed by atoms with Gasteiger partial charge in [0.25, 0.3) is 0 Å². The van der Waals surface area contributed by atoms with E-state index in [1.807, 2.05) is 0 Å². The Balaban J connectivity index is 1.50. The molecular weight excluding hydrogens is 494 g/mol. The highest BCUT2D eigenvalue weighted by atomic mass is 15.0. The molecule has 0 amide bonds. The van der Waals surface area contributed by atoms with E-state index in [0.29, 0.717) is 0 Å². The Labute approximate surface area is 240 Å². The fraction of sp³-hybridized carbons (Fsp3) is 0.0500. The molecular formula is C40H29N. The quantitative estimate of drug-likeness (QED) is 0.199. The number of hydrogen-bond donors (Lipinski definition) is 0. The van der Waals surface area contributed by atoms with Gasteiger partial charge in [0.2, 0.25) is 0 Å². The largest absolute Gasteiger partial charge is 0.309 e. The molecule has 41 heavy (non-hydrogen) atoms. The predicted octanol–water partition coefficient (Wildman–Crippen LogP) is 10.8. The molecule has 0 spiro atoms. The molecule has 1 aliphatic rings. The molecule has 1 aromatic heterocycles. The second kappa shape index (κ2) is 9.50. The molecule has 0 unspecified atom stereocenters. The average Bonchev–Trinajstić information content (AvgIpc) is 3.37. The van der Waals surface area contributed by atoms with Crippen LogP contribution in [0.25, 0.3) is 66.2 Å². The monoisotopic (exact) mass is 523 g/mol. The van der Waals surface area contributed by atoms with Gasteiger partial charge in [-0.05, 0) is 87.5 Å². The van der Waals surface area contributed by atoms with Crippen molar-refractivity contribution in [3.05, 3.63) is 156 Å². The first-order valence-electron chi connectivity index (χ1n) is 14.3. The van der Waals surface area contributed by atoms with Gasteiger partial charge in [0.1, 0.15) is 0 Å². The van der Waals surface area contributed by atoms with E-state index < -0.39 is 0 Å². The SMILES string of the molecule is CC1=Cc2cc3c4ccccc4n(-c4cc(-c5ccccc5)c5ccc6ccccc6c5c4)c3cc2C/C=C/C=C1. The first kappa shape index (κ1) is 23.7. The highest BCUT2D eigenvalue weighted by molar-refractivity contribution is 6.14. The Bertz CT molecular complexity index is 2220. The summed E-state index contributed by atoms with van der Waals surface area (Å²) in [6.07, 6.45) is 12.0. The van der Waals surface area contributed by atoms with Crippen molar-refractivity contribution < 1.29 is 0 Å². The Kier molecular flexibility index (Phi) is 5.50. The van der Waals surface area contributed by atoms with E-state index in [4.69, 9.17) is 0 Å². The van der Waals surface area contributed by atoms with Gasteiger partial charge in [0, 0.05) is 16.5 Å². The minimum absolute atomic E-state index is 0.901. The third-order valence-corrected chi connectivity index (χ3v) is 8.45. The number of allylic oxidation sites excluding steroid dienone is 5. The summed E-state index contributed by atoms with van der Waals surface area (Å²) in [5.41, 5.74) is 10.0. The molecule has 0 bridgehead atoms. The van der Waals surface area contributed by atoms with Crippen molar-refractivity contribution in [2.45, 2.75) is 13.3 Å². The van der Waals surface area contributed by atoms with Crippen molar-refractivity contribution in [1.29, 1.82) is 0 Å². The summed E-state index contributed by atoms with van der Waals surface area (Å²) in [5.74, 6) is 0. The first-order valence-corrected chi connectivity index (χ1v) is 14.3. The van der Waals surface area contributed by atoms with Crippen LogP contribution in [-0.4, -0.2) is 4.57 Å². The van der Waals surface area contributed by atoms with Crippen molar-refractivity contribution in [2.24, 2.45) is 0 Å². The Morgan fingerprint density at radius 3 is 2.29 bits per heavy atom. The van der Waals surface area contributed by atoms with Gasteiger partial charge in [-0.15, -0.1) is 0 Å². The van der Waals surface area contributed by atoms with Crippen LogP contribution in [0.5, 0.6) is 0 Å². The molecule has 1 heterocycles. The summed E-state index contributed by atoms with van der Waals surface area (Å²) < 4.78 is 2.48. The van der Waals surface area contributed by atoms with Crippen LogP contribution in [0.15, 0.2) is 145 Å². The molecule has 0 atom stereocenters. The fourth-order valence-corrected chi connectivity index (χ4v) is 6.53. The maximum absolute atomic E-state index is 2.48. The van der Waals surface area contributed by atoms with Crippen LogP contribution < -0.4 is 0 Å². The highest BCUT2D eigenvalue weighted by Crippen LogP contribution is 2.40. The molecule has 0 radical (unpaired) electrons. The molecule has 1 nitrogen and oxygen atoms in total. The van der Waals surface area contributed by atoms with Crippen molar-refractivity contribution in [3.8, 4) is 16.8 Å². The van der Waals surface area contributed by atoms with Crippen molar-refractivity contribution in [3.63, 3.8) is 0 Å². The van der Waals surface area contributed by atoms with Gasteiger partial charge in [0.15, 0.2) is 0 Å². The number of hydrogen-bond acceptors (Lipinski definition) is 0. The predicted molar refractivity (Wildman–Crippen MR) is 177 cm³/mol. The number of fused-ring (bicyclic) bond motifs is 7. The van der Waals surface area contributed by atoms with Crippen LogP contribution in [0.4, 0.5) is 0 Å². The molecule has 0 aliphatic heterocycles. The summed E-state index contributed by atoms with van der Waals surface area (Å²) in [7, 11) is 0. The number of rotatable bonds is 2. The number of aromatic nitrogens is 1. The molecule has 0 N–H and O–H groups in total. The molecule has 7 aromatic rings. The number of benzene rings is 6. The Hall–Kier alpha value is -5.14. The molecule has 0 fully saturated rings. The van der Waals surface area contributed by atoms with Gasteiger partial charge in [-0.25, -0.2) is 0 Å². The second-order valence-corrected chi connectivity index (χ2v) is 11.0. The van der Waals surface area contributed by atoms with Gasteiger partial charge in [-0.2, -0.15) is 0 Å². The summed E-state index contributed by atoms with van der Waals surface area (Å²) in [6.45, 7) is 2.18. The van der Waals surface area contributed by atoms with Gasteiger partial charge in [-0.1, -0.05) is 121 Å². The van der Waals surface area contributed by atoms with Gasteiger partial charge in [-0.3, -0.25) is 0 Å². The summed E-state index contributed by atoms with van der Waals surface area (Å²) in [6, 6.07) is 42.5. The maximum Gasteiger partial charge on any atom is 0.0544 e. The van der Waals surface area contributed by atoms with E-state index in [-0.39, 0.29) is 0 Å². The highest BCUT2D eigenvalue weighted by Gasteiger charge is 2.17. The van der Waals surface area contributed by atoms with Gasteiger partial charge < -0.3 is 4.57 Å². The summed E-state index contributed by atoms with van der Waals surface area (Å²) >= 11 is 0. The molecule has 0 saturated heterocycles. The van der Waals surface area contributed by atoms with Crippen molar-refractivity contribution >= 4 is 49.4 Å². The minimum Gasteiger partial charge on any atom is -0.309 e.